The fourth-order valence-corrected chi connectivity index (χ4v) is 4.03. The van der Waals surface area contributed by atoms with Crippen LogP contribution >= 0.6 is 0 Å². The molecule has 0 atom stereocenters. The first kappa shape index (κ1) is 23.1. The van der Waals surface area contributed by atoms with E-state index in [1.165, 1.54) is 18.2 Å². The van der Waals surface area contributed by atoms with E-state index in [9.17, 15) is 18.0 Å². The first-order valence-electron chi connectivity index (χ1n) is 11.0. The molecule has 2 aliphatic rings. The highest BCUT2D eigenvalue weighted by molar-refractivity contribution is 5.78. The van der Waals surface area contributed by atoms with Crippen molar-refractivity contribution < 1.29 is 22.7 Å². The summed E-state index contributed by atoms with van der Waals surface area (Å²) in [4.78, 5) is 27.3. The quantitative estimate of drug-likeness (QED) is 0.676. The molecule has 2 saturated heterocycles. The molecule has 3 heterocycles. The second-order valence-electron chi connectivity index (χ2n) is 8.16. The molecule has 2 aromatic rings. The van der Waals surface area contributed by atoms with Crippen LogP contribution < -0.4 is 15.0 Å². The van der Waals surface area contributed by atoms with E-state index in [1.807, 2.05) is 4.90 Å². The Balaban J connectivity index is 1.23. The molecule has 0 spiro atoms. The second kappa shape index (κ2) is 10.2. The fraction of sp³-hybridized carbons (Fsp3) is 0.500. The van der Waals surface area contributed by atoms with Crippen LogP contribution in [0, 0.1) is 0 Å². The van der Waals surface area contributed by atoms with Crippen molar-refractivity contribution in [1.82, 2.24) is 19.8 Å². The second-order valence-corrected chi connectivity index (χ2v) is 8.16. The van der Waals surface area contributed by atoms with Crippen molar-refractivity contribution >= 4 is 17.5 Å². The number of amides is 1. The van der Waals surface area contributed by atoms with Crippen LogP contribution in [0.1, 0.15) is 18.4 Å². The highest BCUT2D eigenvalue weighted by Gasteiger charge is 2.31. The Labute approximate surface area is 190 Å². The molecule has 0 saturated carbocycles. The molecule has 1 aromatic heterocycles. The number of alkyl halides is 3. The number of aromatic nitrogens is 2. The Bertz CT molecular complexity index is 926. The number of anilines is 2. The molecule has 0 aliphatic carbocycles. The lowest BCUT2D eigenvalue weighted by Gasteiger charge is -2.36. The highest BCUT2D eigenvalue weighted by atomic mass is 19.4. The van der Waals surface area contributed by atoms with Gasteiger partial charge in [-0.05, 0) is 30.5 Å². The van der Waals surface area contributed by atoms with Crippen molar-refractivity contribution in [1.29, 1.82) is 0 Å². The molecular weight excluding hydrogens is 437 g/mol. The molecule has 33 heavy (non-hydrogen) atoms. The minimum Gasteiger partial charge on any atom is -0.406 e. The Morgan fingerprint density at radius 3 is 2.39 bits per heavy atom. The number of rotatable bonds is 7. The van der Waals surface area contributed by atoms with Crippen molar-refractivity contribution in [2.75, 3.05) is 56.0 Å². The van der Waals surface area contributed by atoms with E-state index in [-0.39, 0.29) is 18.2 Å². The predicted molar refractivity (Wildman–Crippen MR) is 117 cm³/mol. The van der Waals surface area contributed by atoms with E-state index >= 15 is 0 Å². The molecule has 8 nitrogen and oxygen atoms in total. The van der Waals surface area contributed by atoms with Gasteiger partial charge in [0.2, 0.25) is 11.9 Å². The number of hydrogen-bond acceptors (Lipinski definition) is 7. The van der Waals surface area contributed by atoms with E-state index in [1.54, 1.807) is 18.5 Å². The Morgan fingerprint density at radius 1 is 1.03 bits per heavy atom. The van der Waals surface area contributed by atoms with Crippen LogP contribution in [-0.2, 0) is 11.3 Å². The van der Waals surface area contributed by atoms with Gasteiger partial charge >= 0.3 is 6.36 Å². The van der Waals surface area contributed by atoms with E-state index in [4.69, 9.17) is 0 Å². The van der Waals surface area contributed by atoms with Gasteiger partial charge in [-0.1, -0.05) is 12.1 Å². The molecule has 1 aromatic carbocycles. The Morgan fingerprint density at radius 2 is 1.73 bits per heavy atom. The number of carbonyl (C=O) groups is 1. The van der Waals surface area contributed by atoms with E-state index in [2.05, 4.69) is 29.8 Å². The van der Waals surface area contributed by atoms with E-state index < -0.39 is 6.36 Å². The number of benzene rings is 1. The summed E-state index contributed by atoms with van der Waals surface area (Å²) in [5.41, 5.74) is 1.51. The number of likely N-dealkylation sites (tertiary alicyclic amines) is 1. The van der Waals surface area contributed by atoms with Gasteiger partial charge in [0.1, 0.15) is 5.75 Å². The largest absolute Gasteiger partial charge is 0.573 e. The summed E-state index contributed by atoms with van der Waals surface area (Å²) in [5, 5.41) is 3.01. The molecule has 0 radical (unpaired) electrons. The van der Waals surface area contributed by atoms with Gasteiger partial charge in [-0.2, -0.15) is 0 Å². The van der Waals surface area contributed by atoms with Gasteiger partial charge in [0.25, 0.3) is 0 Å². The third-order valence-electron chi connectivity index (χ3n) is 5.78. The van der Waals surface area contributed by atoms with Gasteiger partial charge in [0.15, 0.2) is 0 Å². The maximum absolute atomic E-state index is 12.4. The average Bonchev–Trinajstić information content (AvgIpc) is 3.33. The first-order valence-corrected chi connectivity index (χ1v) is 11.0. The van der Waals surface area contributed by atoms with Crippen LogP contribution in [0.2, 0.25) is 0 Å². The summed E-state index contributed by atoms with van der Waals surface area (Å²) >= 11 is 0. The normalized spacial score (nSPS) is 17.3. The molecule has 1 N–H and O–H groups in total. The molecule has 1 amide bonds. The summed E-state index contributed by atoms with van der Waals surface area (Å²) in [6.45, 7) is 5.67. The molecule has 178 valence electrons. The van der Waals surface area contributed by atoms with Gasteiger partial charge in [-0.25, -0.2) is 9.97 Å². The summed E-state index contributed by atoms with van der Waals surface area (Å²) in [6, 6.07) is 5.77. The number of halogens is 3. The molecule has 11 heteroatoms. The highest BCUT2D eigenvalue weighted by Crippen LogP contribution is 2.23. The summed E-state index contributed by atoms with van der Waals surface area (Å²) < 4.78 is 41.1. The van der Waals surface area contributed by atoms with Gasteiger partial charge in [-0.15, -0.1) is 13.2 Å². The summed E-state index contributed by atoms with van der Waals surface area (Å²) in [7, 11) is 0. The summed E-state index contributed by atoms with van der Waals surface area (Å²) in [5.74, 6) is 0.338. The number of ether oxygens (including phenoxy) is 1. The van der Waals surface area contributed by atoms with Crippen LogP contribution in [0.15, 0.2) is 36.7 Å². The average molecular weight is 464 g/mol. The van der Waals surface area contributed by atoms with Gasteiger partial charge in [0, 0.05) is 45.8 Å². The smallest absolute Gasteiger partial charge is 0.406 e. The Kier molecular flexibility index (Phi) is 7.17. The lowest BCUT2D eigenvalue weighted by Crippen LogP contribution is -2.49. The van der Waals surface area contributed by atoms with Crippen LogP contribution in [0.4, 0.5) is 24.8 Å². The Hall–Kier alpha value is -3.08. The van der Waals surface area contributed by atoms with Crippen LogP contribution in [0.3, 0.4) is 0 Å². The van der Waals surface area contributed by atoms with E-state index in [0.29, 0.717) is 18.1 Å². The molecule has 0 bridgehead atoms. The fourth-order valence-electron chi connectivity index (χ4n) is 4.03. The molecule has 4 rings (SSSR count). The minimum absolute atomic E-state index is 0.218. The third-order valence-corrected chi connectivity index (χ3v) is 5.78. The number of hydrogen-bond donors (Lipinski definition) is 1. The zero-order valence-electron chi connectivity index (χ0n) is 18.2. The number of nitrogens with one attached hydrogen (secondary N) is 1. The van der Waals surface area contributed by atoms with Gasteiger partial charge in [0.05, 0.1) is 24.6 Å². The summed E-state index contributed by atoms with van der Waals surface area (Å²) in [6.07, 6.45) is 0.930. The number of nitrogens with zero attached hydrogens (tertiary/aromatic N) is 5. The molecule has 2 fully saturated rings. The predicted octanol–water partition coefficient (Wildman–Crippen LogP) is 2.73. The lowest BCUT2D eigenvalue weighted by atomic mass is 10.2. The molecule has 2 aliphatic heterocycles. The standard InChI is InChI=1S/C22H27F3N6O2/c23-22(24,25)33-19-5-3-4-17(12-19)13-26-21-27-14-18(15-28-21)30-10-8-29(9-11-30)16-20(32)31-6-1-2-7-31/h3-5,12,14-15H,1-2,6-11,13,16H2,(H,26,27,28). The van der Waals surface area contributed by atoms with Crippen LogP contribution in [-0.4, -0.2) is 77.9 Å². The minimum atomic E-state index is -4.72. The maximum Gasteiger partial charge on any atom is 0.573 e. The number of carbonyl (C=O) groups excluding carboxylic acids is 1. The van der Waals surface area contributed by atoms with Crippen molar-refractivity contribution in [3.05, 3.63) is 42.2 Å². The number of piperazine rings is 1. The van der Waals surface area contributed by atoms with Crippen molar-refractivity contribution in [2.24, 2.45) is 0 Å². The lowest BCUT2D eigenvalue weighted by molar-refractivity contribution is -0.274. The topological polar surface area (TPSA) is 73.8 Å². The van der Waals surface area contributed by atoms with Crippen LogP contribution in [0.25, 0.3) is 0 Å². The van der Waals surface area contributed by atoms with Gasteiger partial charge < -0.3 is 19.9 Å². The van der Waals surface area contributed by atoms with Gasteiger partial charge in [-0.3, -0.25) is 9.69 Å². The molecule has 0 unspecified atom stereocenters. The van der Waals surface area contributed by atoms with E-state index in [0.717, 1.165) is 57.8 Å². The van der Waals surface area contributed by atoms with Crippen molar-refractivity contribution in [3.63, 3.8) is 0 Å². The zero-order chi connectivity index (χ0) is 23.3. The van der Waals surface area contributed by atoms with Crippen LogP contribution in [0.5, 0.6) is 5.75 Å². The molecular formula is C22H27F3N6O2. The SMILES string of the molecule is O=C(CN1CCN(c2cnc(NCc3cccc(OC(F)(F)F)c3)nc2)CC1)N1CCCC1. The third kappa shape index (κ3) is 6.70. The van der Waals surface area contributed by atoms with Crippen molar-refractivity contribution in [3.8, 4) is 5.75 Å². The zero-order valence-corrected chi connectivity index (χ0v) is 18.2. The first-order chi connectivity index (χ1) is 15.9. The monoisotopic (exact) mass is 464 g/mol. The maximum atomic E-state index is 12.4. The van der Waals surface area contributed by atoms with Crippen molar-refractivity contribution in [2.45, 2.75) is 25.7 Å².